The van der Waals surface area contributed by atoms with Crippen LogP contribution in [-0.2, 0) is 41.6 Å². The molecule has 258 valence electrons. The number of aromatic hydroxyl groups is 1. The van der Waals surface area contributed by atoms with Crippen LogP contribution in [0, 0.1) is 0 Å². The van der Waals surface area contributed by atoms with E-state index in [1.54, 1.807) is 31.3 Å². The van der Waals surface area contributed by atoms with Crippen molar-refractivity contribution in [1.82, 2.24) is 26.3 Å². The van der Waals surface area contributed by atoms with Crippen LogP contribution in [0.4, 0.5) is 0 Å². The Bertz CT molecular complexity index is 1590. The molecule has 0 bridgehead atoms. The highest BCUT2D eigenvalue weighted by Gasteiger charge is 2.33. The van der Waals surface area contributed by atoms with E-state index in [1.165, 1.54) is 13.0 Å². The number of fused-ring (bicyclic) bond motifs is 1. The minimum absolute atomic E-state index is 0.0317. The number of esters is 1. The molecule has 1 fully saturated rings. The van der Waals surface area contributed by atoms with Crippen LogP contribution in [-0.4, -0.2) is 76.5 Å². The zero-order chi connectivity index (χ0) is 34.6. The van der Waals surface area contributed by atoms with Crippen molar-refractivity contribution in [2.75, 3.05) is 6.54 Å². The van der Waals surface area contributed by atoms with E-state index in [9.17, 15) is 29.1 Å². The monoisotopic (exact) mass is 662 g/mol. The van der Waals surface area contributed by atoms with Gasteiger partial charge in [-0.15, -0.1) is 0 Å². The van der Waals surface area contributed by atoms with Gasteiger partial charge in [0.25, 0.3) is 0 Å². The molecule has 4 rings (SSSR count). The normalized spacial score (nSPS) is 17.6. The number of ether oxygens (including phenoxy) is 1. The first kappa shape index (κ1) is 35.9. The molecule has 0 saturated carbocycles. The topological polar surface area (TPSA) is 205 Å². The van der Waals surface area contributed by atoms with Gasteiger partial charge in [0.15, 0.2) is 0 Å². The molecular formula is C35H46N6O7. The van der Waals surface area contributed by atoms with Crippen molar-refractivity contribution >= 4 is 40.5 Å². The molecule has 2 heterocycles. The van der Waals surface area contributed by atoms with Gasteiger partial charge < -0.3 is 41.8 Å². The van der Waals surface area contributed by atoms with Gasteiger partial charge in [-0.1, -0.05) is 36.8 Å². The molecule has 0 radical (unpaired) electrons. The van der Waals surface area contributed by atoms with Gasteiger partial charge in [0.2, 0.25) is 23.6 Å². The maximum Gasteiger partial charge on any atom is 0.308 e. The lowest BCUT2D eigenvalue weighted by Gasteiger charge is -2.25. The molecule has 13 heteroatoms. The number of aromatic amines is 1. The Balaban J connectivity index is 1.50. The second-order valence-corrected chi connectivity index (χ2v) is 12.4. The number of hydrogen-bond donors (Lipinski definition) is 7. The fourth-order valence-electron chi connectivity index (χ4n) is 6.04. The fourth-order valence-corrected chi connectivity index (χ4v) is 6.04. The second-order valence-electron chi connectivity index (χ2n) is 12.4. The van der Waals surface area contributed by atoms with E-state index in [2.05, 4.69) is 26.3 Å². The average molecular weight is 663 g/mol. The number of para-hydroxylation sites is 1. The van der Waals surface area contributed by atoms with Crippen LogP contribution in [0.1, 0.15) is 63.5 Å². The predicted molar refractivity (Wildman–Crippen MR) is 180 cm³/mol. The zero-order valence-electron chi connectivity index (χ0n) is 27.4. The highest BCUT2D eigenvalue weighted by Crippen LogP contribution is 2.20. The average Bonchev–Trinajstić information content (AvgIpc) is 3.57. The number of rotatable bonds is 17. The number of nitrogens with two attached hydrogens (primary N) is 1. The van der Waals surface area contributed by atoms with Gasteiger partial charge in [0, 0.05) is 55.4 Å². The van der Waals surface area contributed by atoms with Crippen LogP contribution in [0.2, 0.25) is 0 Å². The number of carbonyl (C=O) groups excluding carboxylic acids is 5. The summed E-state index contributed by atoms with van der Waals surface area (Å²) in [6, 6.07) is 11.6. The third-order valence-electron chi connectivity index (χ3n) is 8.38. The van der Waals surface area contributed by atoms with Crippen LogP contribution in [0.25, 0.3) is 10.9 Å². The number of phenols is 1. The summed E-state index contributed by atoms with van der Waals surface area (Å²) in [7, 11) is 0. The van der Waals surface area contributed by atoms with Crippen LogP contribution in [0.3, 0.4) is 0 Å². The van der Waals surface area contributed by atoms with E-state index in [0.29, 0.717) is 25.8 Å². The Hall–Kier alpha value is -4.91. The van der Waals surface area contributed by atoms with Crippen molar-refractivity contribution in [2.45, 2.75) is 95.5 Å². The van der Waals surface area contributed by atoms with E-state index in [1.807, 2.05) is 24.3 Å². The van der Waals surface area contributed by atoms with Gasteiger partial charge in [0.05, 0.1) is 12.5 Å². The smallest absolute Gasteiger partial charge is 0.308 e. The lowest BCUT2D eigenvalue weighted by atomic mass is 10.00. The standard InChI is InChI=1S/C35H46N6O7/c1-21-30(19-34(46)48-21)40-32(44)17-25(9-5-6-13-36)39-35(47)31(16-24-20-37-29-12-4-3-11-28(24)29)41-33(45)18-26(38-22(2)42)14-23-8-7-10-27(43)15-23/h3-4,7-8,10-12,15,20-21,25-26,30-31,37,43H,5-6,9,13-14,16-19,36H2,1-2H3,(H,38,42)(H,39,47)(H,40,44)(H,41,45)/t21-,25+,26+,30-,31?/m1/s1. The van der Waals surface area contributed by atoms with Crippen LogP contribution < -0.4 is 27.0 Å². The number of hydrogen-bond acceptors (Lipinski definition) is 8. The van der Waals surface area contributed by atoms with Gasteiger partial charge >= 0.3 is 5.97 Å². The molecule has 3 aromatic rings. The molecule has 1 unspecified atom stereocenters. The van der Waals surface area contributed by atoms with Gasteiger partial charge in [-0.05, 0) is 62.1 Å². The predicted octanol–water partition coefficient (Wildman–Crippen LogP) is 1.86. The first-order chi connectivity index (χ1) is 23.0. The van der Waals surface area contributed by atoms with Gasteiger partial charge in [-0.25, -0.2) is 0 Å². The van der Waals surface area contributed by atoms with Crippen LogP contribution >= 0.6 is 0 Å². The van der Waals surface area contributed by atoms with Gasteiger partial charge in [-0.3, -0.25) is 24.0 Å². The third kappa shape index (κ3) is 10.8. The second kappa shape index (κ2) is 17.3. The minimum atomic E-state index is -1.00. The van der Waals surface area contributed by atoms with Gasteiger partial charge in [-0.2, -0.15) is 0 Å². The van der Waals surface area contributed by atoms with Crippen molar-refractivity contribution < 1.29 is 33.8 Å². The molecule has 1 aliphatic rings. The van der Waals surface area contributed by atoms with Crippen molar-refractivity contribution in [2.24, 2.45) is 5.73 Å². The summed E-state index contributed by atoms with van der Waals surface area (Å²) in [5.41, 5.74) is 8.14. The molecule has 1 aliphatic heterocycles. The molecule has 1 aromatic heterocycles. The Morgan fingerprint density at radius 3 is 2.46 bits per heavy atom. The summed E-state index contributed by atoms with van der Waals surface area (Å²) in [6.45, 7) is 3.54. The van der Waals surface area contributed by atoms with E-state index in [4.69, 9.17) is 10.5 Å². The first-order valence-corrected chi connectivity index (χ1v) is 16.4. The zero-order valence-corrected chi connectivity index (χ0v) is 27.4. The molecule has 48 heavy (non-hydrogen) atoms. The number of H-pyrrole nitrogens is 1. The summed E-state index contributed by atoms with van der Waals surface area (Å²) in [4.78, 5) is 67.4. The van der Waals surface area contributed by atoms with Crippen molar-refractivity contribution in [3.05, 3.63) is 65.9 Å². The van der Waals surface area contributed by atoms with Crippen LogP contribution in [0.5, 0.6) is 5.75 Å². The summed E-state index contributed by atoms with van der Waals surface area (Å²) < 4.78 is 5.15. The number of amides is 4. The highest BCUT2D eigenvalue weighted by atomic mass is 16.6. The first-order valence-electron chi connectivity index (χ1n) is 16.4. The fraction of sp³-hybridized carbons (Fsp3) is 0.457. The Labute approximate surface area is 279 Å². The maximum atomic E-state index is 13.9. The van der Waals surface area contributed by atoms with E-state index in [0.717, 1.165) is 22.0 Å². The van der Waals surface area contributed by atoms with E-state index >= 15 is 0 Å². The highest BCUT2D eigenvalue weighted by molar-refractivity contribution is 5.90. The number of unbranched alkanes of at least 4 members (excludes halogenated alkanes) is 1. The lowest BCUT2D eigenvalue weighted by molar-refractivity contribution is -0.141. The minimum Gasteiger partial charge on any atom is -0.508 e. The van der Waals surface area contributed by atoms with Crippen molar-refractivity contribution in [3.8, 4) is 5.75 Å². The van der Waals surface area contributed by atoms with Crippen LogP contribution in [0.15, 0.2) is 54.7 Å². The van der Waals surface area contributed by atoms with Gasteiger partial charge in [0.1, 0.15) is 17.9 Å². The summed E-state index contributed by atoms with van der Waals surface area (Å²) in [5.74, 6) is -1.86. The molecule has 2 aromatic carbocycles. The molecular weight excluding hydrogens is 616 g/mol. The van der Waals surface area contributed by atoms with Crippen molar-refractivity contribution in [1.29, 1.82) is 0 Å². The maximum absolute atomic E-state index is 13.9. The molecule has 0 spiro atoms. The quantitative estimate of drug-likeness (QED) is 0.0837. The number of cyclic esters (lactones) is 1. The Morgan fingerprint density at radius 2 is 1.75 bits per heavy atom. The Morgan fingerprint density at radius 1 is 0.979 bits per heavy atom. The third-order valence-corrected chi connectivity index (χ3v) is 8.38. The molecule has 13 nitrogen and oxygen atoms in total. The summed E-state index contributed by atoms with van der Waals surface area (Å²) >= 11 is 0. The Kier molecular flexibility index (Phi) is 13.0. The molecule has 5 atom stereocenters. The number of carbonyl (C=O) groups is 5. The van der Waals surface area contributed by atoms with E-state index in [-0.39, 0.29) is 55.6 Å². The summed E-state index contributed by atoms with van der Waals surface area (Å²) in [6.07, 6.45) is 3.60. The number of nitrogens with one attached hydrogen (secondary N) is 5. The molecule has 4 amide bonds. The number of benzene rings is 2. The molecule has 1 saturated heterocycles. The number of aromatic nitrogens is 1. The summed E-state index contributed by atoms with van der Waals surface area (Å²) in [5, 5.41) is 22.3. The van der Waals surface area contributed by atoms with E-state index < -0.39 is 42.1 Å². The SMILES string of the molecule is CC(=O)N[C@H](CC(=O)NC(Cc1c[nH]c2ccccc12)C(=O)N[C@@H](CCCCN)CC(=O)N[C@@H]1CC(=O)O[C@@H]1C)Cc1cccc(O)c1. The van der Waals surface area contributed by atoms with Crippen molar-refractivity contribution in [3.63, 3.8) is 0 Å². The lowest BCUT2D eigenvalue weighted by Crippen LogP contribution is -2.52. The largest absolute Gasteiger partial charge is 0.508 e. The number of phenolic OH excluding ortho intramolecular Hbond substituents is 1. The molecule has 8 N–H and O–H groups in total. The molecule has 0 aliphatic carbocycles.